The van der Waals surface area contributed by atoms with Gasteiger partial charge in [-0.3, -0.25) is 4.90 Å². The van der Waals surface area contributed by atoms with Gasteiger partial charge in [-0.05, 0) is 32.1 Å². The van der Waals surface area contributed by atoms with Crippen LogP contribution < -0.4 is 4.90 Å². The zero-order valence-corrected chi connectivity index (χ0v) is 12.7. The van der Waals surface area contributed by atoms with Crippen LogP contribution in [0.5, 0.6) is 0 Å². The van der Waals surface area contributed by atoms with Gasteiger partial charge in [0.05, 0.1) is 11.4 Å². The summed E-state index contributed by atoms with van der Waals surface area (Å²) in [6.07, 6.45) is 5.84. The van der Waals surface area contributed by atoms with Gasteiger partial charge in [0.25, 0.3) is 0 Å². The molecule has 1 aromatic heterocycles. The standard InChI is InChI=1S/C15H25N5/c1-3-13-14(4-2)17-18-15(16-13)20-9-5-8-19(10-11-20)12-6-7-12/h12H,3-11H2,1-2H3. The summed E-state index contributed by atoms with van der Waals surface area (Å²) in [5, 5.41) is 8.73. The average molecular weight is 275 g/mol. The fourth-order valence-electron chi connectivity index (χ4n) is 3.00. The number of anilines is 1. The van der Waals surface area contributed by atoms with Crippen molar-refractivity contribution >= 4 is 5.95 Å². The maximum Gasteiger partial charge on any atom is 0.245 e. The van der Waals surface area contributed by atoms with Crippen LogP contribution in [0.15, 0.2) is 0 Å². The molecule has 110 valence electrons. The zero-order valence-electron chi connectivity index (χ0n) is 12.7. The molecule has 3 rings (SSSR count). The molecular weight excluding hydrogens is 250 g/mol. The second-order valence-corrected chi connectivity index (χ2v) is 5.82. The minimum atomic E-state index is 0.830. The van der Waals surface area contributed by atoms with Crippen LogP contribution in [0.2, 0.25) is 0 Å². The number of aryl methyl sites for hydroxylation is 2. The minimum Gasteiger partial charge on any atom is -0.338 e. The Morgan fingerprint density at radius 1 is 0.950 bits per heavy atom. The van der Waals surface area contributed by atoms with Gasteiger partial charge in [0.2, 0.25) is 5.95 Å². The van der Waals surface area contributed by atoms with E-state index in [1.54, 1.807) is 0 Å². The zero-order chi connectivity index (χ0) is 13.9. The summed E-state index contributed by atoms with van der Waals surface area (Å²) in [4.78, 5) is 9.69. The summed E-state index contributed by atoms with van der Waals surface area (Å²) in [6, 6.07) is 0.864. The summed E-state index contributed by atoms with van der Waals surface area (Å²) in [7, 11) is 0. The first-order chi connectivity index (χ1) is 9.81. The molecule has 0 radical (unpaired) electrons. The average Bonchev–Trinajstić information content (AvgIpc) is 3.32. The van der Waals surface area contributed by atoms with Gasteiger partial charge in [0.15, 0.2) is 0 Å². The first kappa shape index (κ1) is 13.7. The van der Waals surface area contributed by atoms with Gasteiger partial charge in [-0.2, -0.15) is 5.10 Å². The predicted octanol–water partition coefficient (Wildman–Crippen LogP) is 1.67. The van der Waals surface area contributed by atoms with Gasteiger partial charge in [-0.1, -0.05) is 13.8 Å². The third-order valence-electron chi connectivity index (χ3n) is 4.37. The Morgan fingerprint density at radius 2 is 1.75 bits per heavy atom. The van der Waals surface area contributed by atoms with Crippen molar-refractivity contribution in [1.29, 1.82) is 0 Å². The largest absolute Gasteiger partial charge is 0.338 e. The van der Waals surface area contributed by atoms with Crippen LogP contribution in [0.3, 0.4) is 0 Å². The quantitative estimate of drug-likeness (QED) is 0.836. The molecule has 5 nitrogen and oxygen atoms in total. The van der Waals surface area contributed by atoms with E-state index in [1.807, 2.05) is 0 Å². The molecule has 0 N–H and O–H groups in total. The van der Waals surface area contributed by atoms with Crippen LogP contribution in [0.1, 0.15) is 44.5 Å². The van der Waals surface area contributed by atoms with Crippen molar-refractivity contribution in [3.05, 3.63) is 11.4 Å². The van der Waals surface area contributed by atoms with Crippen LogP contribution in [0.4, 0.5) is 5.95 Å². The second kappa shape index (κ2) is 6.04. The van der Waals surface area contributed by atoms with E-state index >= 15 is 0 Å². The summed E-state index contributed by atoms with van der Waals surface area (Å²) < 4.78 is 0. The Bertz CT molecular complexity index is 458. The van der Waals surface area contributed by atoms with E-state index in [1.165, 1.54) is 25.8 Å². The molecule has 1 saturated heterocycles. The summed E-state index contributed by atoms with van der Waals surface area (Å²) in [5.41, 5.74) is 2.16. The van der Waals surface area contributed by atoms with Gasteiger partial charge < -0.3 is 4.90 Å². The third kappa shape index (κ3) is 2.92. The monoisotopic (exact) mass is 275 g/mol. The highest BCUT2D eigenvalue weighted by atomic mass is 15.3. The lowest BCUT2D eigenvalue weighted by molar-refractivity contribution is 0.283. The molecule has 1 aliphatic heterocycles. The highest BCUT2D eigenvalue weighted by molar-refractivity contribution is 5.30. The van der Waals surface area contributed by atoms with Gasteiger partial charge in [-0.15, -0.1) is 5.10 Å². The van der Waals surface area contributed by atoms with Crippen LogP contribution >= 0.6 is 0 Å². The number of hydrogen-bond acceptors (Lipinski definition) is 5. The molecule has 0 unspecified atom stereocenters. The van der Waals surface area contributed by atoms with Crippen molar-refractivity contribution in [3.63, 3.8) is 0 Å². The summed E-state index contributed by atoms with van der Waals surface area (Å²) >= 11 is 0. The molecule has 1 aromatic rings. The minimum absolute atomic E-state index is 0.830. The van der Waals surface area contributed by atoms with Crippen molar-refractivity contribution in [2.45, 2.75) is 52.0 Å². The smallest absolute Gasteiger partial charge is 0.245 e. The fourth-order valence-corrected chi connectivity index (χ4v) is 3.00. The van der Waals surface area contributed by atoms with Gasteiger partial charge in [0, 0.05) is 32.2 Å². The molecule has 20 heavy (non-hydrogen) atoms. The molecule has 2 heterocycles. The van der Waals surface area contributed by atoms with Gasteiger partial charge >= 0.3 is 0 Å². The van der Waals surface area contributed by atoms with Gasteiger partial charge in [0.1, 0.15) is 0 Å². The molecule has 2 fully saturated rings. The molecule has 5 heteroatoms. The lowest BCUT2D eigenvalue weighted by atomic mass is 10.2. The Kier molecular flexibility index (Phi) is 4.15. The molecule has 1 saturated carbocycles. The second-order valence-electron chi connectivity index (χ2n) is 5.82. The van der Waals surface area contributed by atoms with Crippen LogP contribution in [0.25, 0.3) is 0 Å². The Hall–Kier alpha value is -1.23. The number of nitrogens with zero attached hydrogens (tertiary/aromatic N) is 5. The van der Waals surface area contributed by atoms with Crippen LogP contribution in [-0.4, -0.2) is 52.3 Å². The van der Waals surface area contributed by atoms with E-state index in [0.29, 0.717) is 0 Å². The van der Waals surface area contributed by atoms with Crippen LogP contribution in [-0.2, 0) is 12.8 Å². The molecule has 0 bridgehead atoms. The van der Waals surface area contributed by atoms with Crippen molar-refractivity contribution in [2.75, 3.05) is 31.1 Å². The normalized spacial score (nSPS) is 21.0. The fraction of sp³-hybridized carbons (Fsp3) is 0.800. The van der Waals surface area contributed by atoms with E-state index in [4.69, 9.17) is 4.98 Å². The third-order valence-corrected chi connectivity index (χ3v) is 4.37. The lowest BCUT2D eigenvalue weighted by Crippen LogP contribution is -2.33. The molecule has 0 atom stereocenters. The molecule has 1 aliphatic carbocycles. The Balaban J connectivity index is 1.71. The number of aromatic nitrogens is 3. The first-order valence-corrected chi connectivity index (χ1v) is 8.03. The summed E-state index contributed by atoms with van der Waals surface area (Å²) in [5.74, 6) is 0.830. The molecule has 0 spiro atoms. The highest BCUT2D eigenvalue weighted by Crippen LogP contribution is 2.27. The van der Waals surface area contributed by atoms with Crippen molar-refractivity contribution in [2.24, 2.45) is 0 Å². The van der Waals surface area contributed by atoms with E-state index in [2.05, 4.69) is 33.8 Å². The van der Waals surface area contributed by atoms with Gasteiger partial charge in [-0.25, -0.2) is 4.98 Å². The highest BCUT2D eigenvalue weighted by Gasteiger charge is 2.30. The van der Waals surface area contributed by atoms with Crippen LogP contribution in [0, 0.1) is 0 Å². The maximum atomic E-state index is 4.75. The summed E-state index contributed by atoms with van der Waals surface area (Å²) in [6.45, 7) is 8.72. The van der Waals surface area contributed by atoms with E-state index in [0.717, 1.165) is 55.9 Å². The Morgan fingerprint density at radius 3 is 2.45 bits per heavy atom. The SMILES string of the molecule is CCc1nnc(N2CCCN(C3CC3)CC2)nc1CC. The number of rotatable bonds is 4. The Labute approximate surface area is 121 Å². The van der Waals surface area contributed by atoms with E-state index in [-0.39, 0.29) is 0 Å². The van der Waals surface area contributed by atoms with Crippen molar-refractivity contribution in [3.8, 4) is 0 Å². The first-order valence-electron chi connectivity index (χ1n) is 8.03. The molecule has 0 amide bonds. The molecule has 2 aliphatic rings. The van der Waals surface area contributed by atoms with E-state index < -0.39 is 0 Å². The van der Waals surface area contributed by atoms with Crippen molar-refractivity contribution in [1.82, 2.24) is 20.1 Å². The maximum absolute atomic E-state index is 4.75. The van der Waals surface area contributed by atoms with E-state index in [9.17, 15) is 0 Å². The molecule has 0 aromatic carbocycles. The predicted molar refractivity (Wildman–Crippen MR) is 80.0 cm³/mol. The topological polar surface area (TPSA) is 45.2 Å². The number of hydrogen-bond donors (Lipinski definition) is 0. The lowest BCUT2D eigenvalue weighted by Gasteiger charge is -2.21. The van der Waals surface area contributed by atoms with Crippen molar-refractivity contribution < 1.29 is 0 Å². The molecular formula is C15H25N5.